The quantitative estimate of drug-likeness (QED) is 0.0929. The van der Waals surface area contributed by atoms with Crippen LogP contribution in [0, 0.1) is 69.1 Å². The summed E-state index contributed by atoms with van der Waals surface area (Å²) in [6.07, 6.45) is 3.50. The summed E-state index contributed by atoms with van der Waals surface area (Å²) >= 11 is 0. The van der Waals surface area contributed by atoms with Gasteiger partial charge < -0.3 is 0 Å². The number of fused-ring (bicyclic) bond motifs is 4. The van der Waals surface area contributed by atoms with Crippen LogP contribution in [0.5, 0.6) is 0 Å². The van der Waals surface area contributed by atoms with Crippen molar-refractivity contribution in [2.24, 2.45) is 20.0 Å². The number of benzene rings is 7. The van der Waals surface area contributed by atoms with Gasteiger partial charge in [-0.3, -0.25) is 35.1 Å². The van der Waals surface area contributed by atoms with Gasteiger partial charge in [0.05, 0.1) is 31.1 Å². The third kappa shape index (κ3) is 12.8. The predicted octanol–water partition coefficient (Wildman–Crippen LogP) is 11.7. The molecule has 5 heterocycles. The van der Waals surface area contributed by atoms with E-state index in [0.717, 1.165) is 75.1 Å². The number of rotatable bonds is 1. The number of pyridine rings is 1. The third-order valence-electron chi connectivity index (χ3n) is 11.4. The van der Waals surface area contributed by atoms with Gasteiger partial charge in [-0.2, -0.15) is 0 Å². The van der Waals surface area contributed by atoms with Crippen LogP contribution < -0.4 is 0 Å². The highest BCUT2D eigenvalue weighted by molar-refractivity contribution is 6.17. The Morgan fingerprint density at radius 1 is 0.384 bits per heavy atom. The standard InChI is InChI=1S/C16H9F2N.C16H10N2O2.C16H11N.C15H10N2/c17-13-7-11(8-14(18)9-13)5-6-16-15-4-2-1-3-12(15)10-19-16;19-18(20)14-7-8-15-13(10-14)11-17-16(15)9-6-12-4-2-1-3-5-12;1-2-6-13(7-3-1)10-11-16-15-9-5-4-8-14(15)12-17-16;1-2-6-14-13(5-1)11-17-15(14)8-7-12-4-3-9-16-10-12/h1-4,7-9H,10H2;1-5,7-8,10H,11H2;1-9H,12H2;1-6,9-10H,11H2. The molecule has 73 heavy (non-hydrogen) atoms. The Labute approximate surface area is 421 Å². The molecule has 12 rings (SSSR count). The van der Waals surface area contributed by atoms with Crippen molar-refractivity contribution in [1.29, 1.82) is 0 Å². The van der Waals surface area contributed by atoms with Gasteiger partial charge >= 0.3 is 0 Å². The van der Waals surface area contributed by atoms with Gasteiger partial charge in [0, 0.05) is 75.1 Å². The van der Waals surface area contributed by atoms with Crippen molar-refractivity contribution in [3.05, 3.63) is 283 Å². The first-order valence-corrected chi connectivity index (χ1v) is 23.1. The number of non-ortho nitro benzene ring substituents is 1. The predicted molar refractivity (Wildman–Crippen MR) is 284 cm³/mol. The molecule has 1 aromatic heterocycles. The Bertz CT molecular complexity index is 3630. The van der Waals surface area contributed by atoms with E-state index < -0.39 is 16.6 Å². The minimum atomic E-state index is -0.627. The summed E-state index contributed by atoms with van der Waals surface area (Å²) < 4.78 is 26.1. The molecule has 4 aliphatic rings. The minimum Gasteiger partial charge on any atom is -0.271 e. The summed E-state index contributed by atoms with van der Waals surface area (Å²) in [6.45, 7) is 2.57. The number of halogens is 2. The first-order chi connectivity index (χ1) is 35.8. The summed E-state index contributed by atoms with van der Waals surface area (Å²) in [4.78, 5) is 31.9. The third-order valence-corrected chi connectivity index (χ3v) is 11.4. The molecule has 10 heteroatoms. The fourth-order valence-electron chi connectivity index (χ4n) is 7.78. The van der Waals surface area contributed by atoms with Crippen LogP contribution in [0.2, 0.25) is 0 Å². The first kappa shape index (κ1) is 47.9. The van der Waals surface area contributed by atoms with Crippen LogP contribution in [0.1, 0.15) is 66.8 Å². The maximum Gasteiger partial charge on any atom is 0.269 e. The molecular weight excluding hydrogens is 911 g/mol. The zero-order chi connectivity index (χ0) is 50.2. The van der Waals surface area contributed by atoms with Crippen LogP contribution in [-0.4, -0.2) is 32.8 Å². The topological polar surface area (TPSA) is 105 Å². The molecular formula is C63H40F2N6O2. The van der Waals surface area contributed by atoms with Crippen LogP contribution in [0.25, 0.3) is 0 Å². The number of aromatic nitrogens is 1. The lowest BCUT2D eigenvalue weighted by Gasteiger charge is -1.97. The fourth-order valence-corrected chi connectivity index (χ4v) is 7.78. The lowest BCUT2D eigenvalue weighted by atomic mass is 10.0. The molecule has 0 saturated carbocycles. The van der Waals surface area contributed by atoms with E-state index in [1.807, 2.05) is 121 Å². The molecule has 0 atom stereocenters. The van der Waals surface area contributed by atoms with E-state index in [1.54, 1.807) is 24.5 Å². The van der Waals surface area contributed by atoms with Gasteiger partial charge in [-0.05, 0) is 101 Å². The maximum atomic E-state index is 13.0. The second kappa shape index (κ2) is 23.5. The second-order valence-electron chi connectivity index (χ2n) is 16.4. The van der Waals surface area contributed by atoms with Crippen molar-refractivity contribution in [2.45, 2.75) is 26.2 Å². The van der Waals surface area contributed by atoms with Crippen molar-refractivity contribution >= 4 is 28.5 Å². The molecule has 0 fully saturated rings. The minimum absolute atomic E-state index is 0.0937. The van der Waals surface area contributed by atoms with Crippen molar-refractivity contribution in [3.63, 3.8) is 0 Å². The van der Waals surface area contributed by atoms with Gasteiger partial charge in [-0.1, -0.05) is 133 Å². The Morgan fingerprint density at radius 3 is 1.21 bits per heavy atom. The summed E-state index contributed by atoms with van der Waals surface area (Å²) in [7, 11) is 0. The molecule has 0 aliphatic carbocycles. The first-order valence-electron chi connectivity index (χ1n) is 23.1. The van der Waals surface area contributed by atoms with Gasteiger partial charge in [0.15, 0.2) is 0 Å². The number of hydrogen-bond acceptors (Lipinski definition) is 7. The van der Waals surface area contributed by atoms with E-state index in [4.69, 9.17) is 0 Å². The molecule has 348 valence electrons. The van der Waals surface area contributed by atoms with Crippen molar-refractivity contribution in [1.82, 2.24) is 4.98 Å². The van der Waals surface area contributed by atoms with E-state index in [2.05, 4.69) is 96.6 Å². The van der Waals surface area contributed by atoms with E-state index in [1.165, 1.54) is 34.9 Å². The monoisotopic (exact) mass is 950 g/mol. The van der Waals surface area contributed by atoms with Crippen molar-refractivity contribution in [2.75, 3.05) is 0 Å². The largest absolute Gasteiger partial charge is 0.271 e. The van der Waals surface area contributed by atoms with Crippen LogP contribution in [-0.2, 0) is 26.2 Å². The van der Waals surface area contributed by atoms with E-state index in [-0.39, 0.29) is 5.69 Å². The number of nitrogens with zero attached hydrogens (tertiary/aromatic N) is 6. The van der Waals surface area contributed by atoms with Gasteiger partial charge in [0.2, 0.25) is 0 Å². The number of aliphatic imine (C=N–C) groups is 4. The Kier molecular flexibility index (Phi) is 15.4. The molecule has 0 saturated heterocycles. The lowest BCUT2D eigenvalue weighted by Crippen LogP contribution is -1.96. The summed E-state index contributed by atoms with van der Waals surface area (Å²) in [5, 5.41) is 10.7. The summed E-state index contributed by atoms with van der Waals surface area (Å²) in [5.74, 6) is 23.0. The second-order valence-corrected chi connectivity index (χ2v) is 16.4. The molecule has 8 nitrogen and oxygen atoms in total. The Hall–Kier alpha value is -10.1. The maximum absolute atomic E-state index is 13.0. The van der Waals surface area contributed by atoms with Crippen molar-refractivity contribution < 1.29 is 13.7 Å². The number of nitro groups is 1. The van der Waals surface area contributed by atoms with E-state index in [9.17, 15) is 18.9 Å². The van der Waals surface area contributed by atoms with Crippen molar-refractivity contribution in [3.8, 4) is 47.4 Å². The molecule has 0 radical (unpaired) electrons. The van der Waals surface area contributed by atoms with Gasteiger partial charge in [0.25, 0.3) is 5.69 Å². The highest BCUT2D eigenvalue weighted by Gasteiger charge is 2.18. The molecule has 7 aromatic carbocycles. The molecule has 0 unspecified atom stereocenters. The van der Waals surface area contributed by atoms with Crippen LogP contribution in [0.15, 0.2) is 214 Å². The molecule has 0 N–H and O–H groups in total. The van der Waals surface area contributed by atoms with E-state index in [0.29, 0.717) is 30.1 Å². The highest BCUT2D eigenvalue weighted by atomic mass is 19.1. The normalized spacial score (nSPS) is 12.3. The molecule has 0 spiro atoms. The molecule has 4 aliphatic heterocycles. The summed E-state index contributed by atoms with van der Waals surface area (Å²) in [6, 6.07) is 55.8. The molecule has 0 bridgehead atoms. The fraction of sp³-hybridized carbons (Fsp3) is 0.0635. The highest BCUT2D eigenvalue weighted by Crippen LogP contribution is 2.24. The summed E-state index contributed by atoms with van der Waals surface area (Å²) in [5.41, 5.74) is 15.1. The van der Waals surface area contributed by atoms with E-state index >= 15 is 0 Å². The van der Waals surface area contributed by atoms with Gasteiger partial charge in [-0.25, -0.2) is 8.78 Å². The smallest absolute Gasteiger partial charge is 0.269 e. The molecule has 8 aromatic rings. The average Bonchev–Trinajstić information content (AvgIpc) is 4.25. The zero-order valence-corrected chi connectivity index (χ0v) is 39.1. The molecule has 0 amide bonds. The van der Waals surface area contributed by atoms with Crippen LogP contribution in [0.4, 0.5) is 14.5 Å². The van der Waals surface area contributed by atoms with Crippen LogP contribution in [0.3, 0.4) is 0 Å². The zero-order valence-electron chi connectivity index (χ0n) is 39.1. The average molecular weight is 951 g/mol. The number of nitro benzene ring substituents is 1. The number of hydrogen-bond donors (Lipinski definition) is 0. The Morgan fingerprint density at radius 2 is 0.767 bits per heavy atom. The van der Waals surface area contributed by atoms with Gasteiger partial charge in [0.1, 0.15) is 34.5 Å². The van der Waals surface area contributed by atoms with Gasteiger partial charge in [-0.15, -0.1) is 0 Å². The van der Waals surface area contributed by atoms with Crippen LogP contribution >= 0.6 is 0 Å². The Balaban J connectivity index is 0.000000120. The lowest BCUT2D eigenvalue weighted by molar-refractivity contribution is -0.384. The SMILES string of the molecule is C(#Cc1ccccc1)C1=NCc2ccccc21.C(#Cc1cccnc1)C1=NCc2ccccc21.Fc1cc(F)cc(C#CC2=NCc3ccccc32)c1.O=[N+]([O-])c1ccc2c(c1)CN=C2C#Cc1ccccc1.